The predicted molar refractivity (Wildman–Crippen MR) is 128 cm³/mol. The molecular formula is C25H30Cl2N2O3. The van der Waals surface area contributed by atoms with Gasteiger partial charge >= 0.3 is 0 Å². The zero-order valence-electron chi connectivity index (χ0n) is 18.6. The van der Waals surface area contributed by atoms with E-state index in [1.807, 2.05) is 32.0 Å². The molecule has 1 fully saturated rings. The van der Waals surface area contributed by atoms with E-state index in [1.54, 1.807) is 24.3 Å². The number of carbonyl (C=O) groups is 2. The van der Waals surface area contributed by atoms with Crippen molar-refractivity contribution in [3.8, 4) is 5.75 Å². The molecule has 2 aromatic rings. The van der Waals surface area contributed by atoms with Crippen molar-refractivity contribution in [2.45, 2.75) is 64.6 Å². The van der Waals surface area contributed by atoms with Crippen molar-refractivity contribution in [2.75, 3.05) is 6.61 Å². The Hall–Kier alpha value is -2.24. The largest absolute Gasteiger partial charge is 0.484 e. The second kappa shape index (κ2) is 11.6. The second-order valence-corrected chi connectivity index (χ2v) is 9.06. The van der Waals surface area contributed by atoms with E-state index in [4.69, 9.17) is 27.9 Å². The van der Waals surface area contributed by atoms with Crippen LogP contribution < -0.4 is 10.1 Å². The van der Waals surface area contributed by atoms with Crippen molar-refractivity contribution in [3.63, 3.8) is 0 Å². The van der Waals surface area contributed by atoms with Gasteiger partial charge < -0.3 is 15.0 Å². The number of nitrogens with one attached hydrogen (secondary N) is 1. The van der Waals surface area contributed by atoms with Gasteiger partial charge in [0.2, 0.25) is 5.91 Å². The Morgan fingerprint density at radius 3 is 2.41 bits per heavy atom. The van der Waals surface area contributed by atoms with Gasteiger partial charge in [0.25, 0.3) is 5.91 Å². The highest BCUT2D eigenvalue weighted by Gasteiger charge is 2.31. The van der Waals surface area contributed by atoms with Crippen LogP contribution in [-0.2, 0) is 16.1 Å². The number of benzene rings is 2. The van der Waals surface area contributed by atoms with E-state index < -0.39 is 6.04 Å². The molecule has 0 radical (unpaired) electrons. The molecule has 2 amide bonds. The highest BCUT2D eigenvalue weighted by molar-refractivity contribution is 6.36. The number of ether oxygens (including phenoxy) is 1. The maximum atomic E-state index is 13.3. The smallest absolute Gasteiger partial charge is 0.261 e. The normalized spacial score (nSPS) is 14.8. The number of carbonyl (C=O) groups excluding carboxylic acids is 2. The van der Waals surface area contributed by atoms with Gasteiger partial charge in [0, 0.05) is 28.2 Å². The summed E-state index contributed by atoms with van der Waals surface area (Å²) in [6.45, 7) is 3.81. The van der Waals surface area contributed by atoms with Crippen molar-refractivity contribution in [1.82, 2.24) is 10.2 Å². The minimum absolute atomic E-state index is 0.130. The Labute approximate surface area is 200 Å². The van der Waals surface area contributed by atoms with E-state index in [1.165, 1.54) is 4.90 Å². The lowest BCUT2D eigenvalue weighted by molar-refractivity contribution is -0.143. The molecule has 1 aliphatic carbocycles. The SMILES string of the molecule is CC[C@H](C(=O)NC1CCCC1)N(Cc1c(Cl)cccc1Cl)C(=O)COc1cccc(C)c1. The fourth-order valence-corrected chi connectivity index (χ4v) is 4.59. The molecule has 0 aromatic heterocycles. The molecule has 0 bridgehead atoms. The first kappa shape index (κ1) is 24.4. The summed E-state index contributed by atoms with van der Waals surface area (Å²) in [5.74, 6) is 0.167. The summed E-state index contributed by atoms with van der Waals surface area (Å²) in [5.41, 5.74) is 1.66. The number of hydrogen-bond donors (Lipinski definition) is 1. The number of halogens is 2. The van der Waals surface area contributed by atoms with Gasteiger partial charge in [-0.25, -0.2) is 0 Å². The average molecular weight is 477 g/mol. The summed E-state index contributed by atoms with van der Waals surface area (Å²) in [7, 11) is 0. The van der Waals surface area contributed by atoms with Crippen LogP contribution in [0.4, 0.5) is 0 Å². The van der Waals surface area contributed by atoms with E-state index in [9.17, 15) is 9.59 Å². The lowest BCUT2D eigenvalue weighted by Crippen LogP contribution is -2.52. The Morgan fingerprint density at radius 1 is 1.12 bits per heavy atom. The fourth-order valence-electron chi connectivity index (χ4n) is 4.07. The van der Waals surface area contributed by atoms with E-state index in [0.717, 1.165) is 31.2 Å². The molecule has 32 heavy (non-hydrogen) atoms. The van der Waals surface area contributed by atoms with E-state index in [0.29, 0.717) is 27.8 Å². The maximum Gasteiger partial charge on any atom is 0.261 e. The molecular weight excluding hydrogens is 447 g/mol. The Morgan fingerprint density at radius 2 is 1.78 bits per heavy atom. The molecule has 0 heterocycles. The number of amides is 2. The highest BCUT2D eigenvalue weighted by atomic mass is 35.5. The number of nitrogens with zero attached hydrogens (tertiary/aromatic N) is 1. The van der Waals surface area contributed by atoms with Crippen LogP contribution in [0.1, 0.15) is 50.2 Å². The van der Waals surface area contributed by atoms with Gasteiger partial charge in [-0.2, -0.15) is 0 Å². The second-order valence-electron chi connectivity index (χ2n) is 8.24. The van der Waals surface area contributed by atoms with E-state index in [2.05, 4.69) is 5.32 Å². The molecule has 0 aliphatic heterocycles. The molecule has 172 valence electrons. The van der Waals surface area contributed by atoms with Crippen LogP contribution in [0.5, 0.6) is 5.75 Å². The van der Waals surface area contributed by atoms with Crippen molar-refractivity contribution < 1.29 is 14.3 Å². The zero-order chi connectivity index (χ0) is 23.1. The molecule has 2 aromatic carbocycles. The summed E-state index contributed by atoms with van der Waals surface area (Å²) in [6, 6.07) is 12.2. The lowest BCUT2D eigenvalue weighted by atomic mass is 10.1. The van der Waals surface area contributed by atoms with Gasteiger partial charge in [-0.05, 0) is 56.0 Å². The Bertz CT molecular complexity index is 924. The summed E-state index contributed by atoms with van der Waals surface area (Å²) in [6.07, 6.45) is 4.65. The van der Waals surface area contributed by atoms with Crippen LogP contribution >= 0.6 is 23.2 Å². The molecule has 7 heteroatoms. The number of hydrogen-bond acceptors (Lipinski definition) is 3. The first-order valence-corrected chi connectivity index (χ1v) is 11.9. The van der Waals surface area contributed by atoms with Crippen LogP contribution in [0.2, 0.25) is 10.0 Å². The number of aryl methyl sites for hydroxylation is 1. The fraction of sp³-hybridized carbons (Fsp3) is 0.440. The molecule has 5 nitrogen and oxygen atoms in total. The zero-order valence-corrected chi connectivity index (χ0v) is 20.1. The minimum atomic E-state index is -0.642. The van der Waals surface area contributed by atoms with Gasteiger partial charge in [0.15, 0.2) is 6.61 Å². The monoisotopic (exact) mass is 476 g/mol. The van der Waals surface area contributed by atoms with Gasteiger partial charge in [0.05, 0.1) is 0 Å². The number of rotatable bonds is 9. The highest BCUT2D eigenvalue weighted by Crippen LogP contribution is 2.27. The quantitative estimate of drug-likeness (QED) is 0.516. The molecule has 0 unspecified atom stereocenters. The van der Waals surface area contributed by atoms with E-state index in [-0.39, 0.29) is 31.0 Å². The first-order chi connectivity index (χ1) is 15.4. The van der Waals surface area contributed by atoms with Crippen molar-refractivity contribution in [1.29, 1.82) is 0 Å². The van der Waals surface area contributed by atoms with Gasteiger partial charge in [-0.1, -0.05) is 61.2 Å². The third-order valence-corrected chi connectivity index (χ3v) is 6.54. The Balaban J connectivity index is 1.81. The summed E-state index contributed by atoms with van der Waals surface area (Å²) in [5, 5.41) is 4.04. The van der Waals surface area contributed by atoms with Crippen molar-refractivity contribution in [3.05, 3.63) is 63.6 Å². The third-order valence-electron chi connectivity index (χ3n) is 5.83. The molecule has 3 rings (SSSR count). The van der Waals surface area contributed by atoms with Crippen LogP contribution in [0.25, 0.3) is 0 Å². The van der Waals surface area contributed by atoms with Crippen molar-refractivity contribution in [2.24, 2.45) is 0 Å². The molecule has 0 saturated heterocycles. The molecule has 1 N–H and O–H groups in total. The van der Waals surface area contributed by atoms with Gasteiger partial charge in [-0.3, -0.25) is 9.59 Å². The molecule has 1 aliphatic rings. The standard InChI is InChI=1S/C25H30Cl2N2O3/c1-3-23(25(31)28-18-9-4-5-10-18)29(15-20-21(26)12-7-13-22(20)27)24(30)16-32-19-11-6-8-17(2)14-19/h6-8,11-14,18,23H,3-5,9-10,15-16H2,1-2H3,(H,28,31)/t23-/m1/s1. The van der Waals surface area contributed by atoms with Crippen LogP contribution in [0.15, 0.2) is 42.5 Å². The third kappa shape index (κ3) is 6.39. The minimum Gasteiger partial charge on any atom is -0.484 e. The summed E-state index contributed by atoms with van der Waals surface area (Å²) >= 11 is 12.8. The topological polar surface area (TPSA) is 58.6 Å². The van der Waals surface area contributed by atoms with Crippen LogP contribution in [-0.4, -0.2) is 35.4 Å². The van der Waals surface area contributed by atoms with Gasteiger partial charge in [-0.15, -0.1) is 0 Å². The molecule has 1 atom stereocenters. The predicted octanol–water partition coefficient (Wildman–Crippen LogP) is 5.55. The summed E-state index contributed by atoms with van der Waals surface area (Å²) in [4.78, 5) is 28.0. The first-order valence-electron chi connectivity index (χ1n) is 11.1. The van der Waals surface area contributed by atoms with Crippen molar-refractivity contribution >= 4 is 35.0 Å². The maximum absolute atomic E-state index is 13.3. The molecule has 0 spiro atoms. The molecule has 1 saturated carbocycles. The van der Waals surface area contributed by atoms with Crippen LogP contribution in [0, 0.1) is 6.92 Å². The van der Waals surface area contributed by atoms with Gasteiger partial charge in [0.1, 0.15) is 11.8 Å². The van der Waals surface area contributed by atoms with Crippen LogP contribution in [0.3, 0.4) is 0 Å². The Kier molecular flexibility index (Phi) is 8.83. The summed E-state index contributed by atoms with van der Waals surface area (Å²) < 4.78 is 5.75. The lowest BCUT2D eigenvalue weighted by Gasteiger charge is -2.32. The average Bonchev–Trinajstić information content (AvgIpc) is 3.27. The van der Waals surface area contributed by atoms with E-state index >= 15 is 0 Å².